The number of ketones is 1. The lowest BCUT2D eigenvalue weighted by molar-refractivity contribution is -0.133. The van der Waals surface area contributed by atoms with Crippen LogP contribution in [-0.4, -0.2) is 59.6 Å². The van der Waals surface area contributed by atoms with Crippen LogP contribution in [0.1, 0.15) is 19.3 Å². The maximum absolute atomic E-state index is 11.2. The average molecular weight is 234 g/mol. The van der Waals surface area contributed by atoms with E-state index in [2.05, 4.69) is 5.32 Å². The Hall–Kier alpha value is -0.530. The van der Waals surface area contributed by atoms with Gasteiger partial charge in [-0.2, -0.15) is 0 Å². The summed E-state index contributed by atoms with van der Waals surface area (Å²) < 4.78 is 0. The Bertz CT molecular complexity index is 190. The average Bonchev–Trinajstić information content (AvgIpc) is 2.31. The van der Waals surface area contributed by atoms with Crippen LogP contribution in [0.3, 0.4) is 0 Å². The van der Waals surface area contributed by atoms with Crippen molar-refractivity contribution in [3.63, 3.8) is 0 Å². The van der Waals surface area contributed by atoms with E-state index < -0.39 is 24.6 Å². The lowest BCUT2D eigenvalue weighted by Gasteiger charge is -2.14. The van der Waals surface area contributed by atoms with Gasteiger partial charge >= 0.3 is 0 Å². The maximum Gasteiger partial charge on any atom is 0.177 e. The van der Waals surface area contributed by atoms with E-state index in [1.54, 1.807) is 0 Å². The molecule has 0 aromatic carbocycles. The van der Waals surface area contributed by atoms with Crippen LogP contribution in [0.25, 0.3) is 0 Å². The number of unbranched alkanes of at least 4 members (excludes halogenated alkanes) is 2. The monoisotopic (exact) mass is 234 g/mol. The quantitative estimate of drug-likeness (QED) is 0.279. The van der Waals surface area contributed by atoms with Crippen LogP contribution in [-0.2, 0) is 4.79 Å². The number of aliphatic hydroxyl groups excluding tert-OH is 3. The van der Waals surface area contributed by atoms with Crippen LogP contribution < -0.4 is 11.1 Å². The van der Waals surface area contributed by atoms with E-state index in [1.807, 2.05) is 0 Å². The molecule has 0 amide bonds. The Morgan fingerprint density at radius 1 is 1.25 bits per heavy atom. The lowest BCUT2D eigenvalue weighted by Crippen LogP contribution is -2.41. The van der Waals surface area contributed by atoms with Gasteiger partial charge in [0, 0.05) is 0 Å². The Balaban J connectivity index is 3.50. The molecular weight excluding hydrogens is 212 g/mol. The minimum atomic E-state index is -1.51. The van der Waals surface area contributed by atoms with Gasteiger partial charge in [-0.1, -0.05) is 6.42 Å². The highest BCUT2D eigenvalue weighted by atomic mass is 16.4. The number of hydrogen-bond donors (Lipinski definition) is 5. The van der Waals surface area contributed by atoms with Crippen molar-refractivity contribution in [1.82, 2.24) is 5.32 Å². The highest BCUT2D eigenvalue weighted by Gasteiger charge is 2.22. The van der Waals surface area contributed by atoms with Gasteiger partial charge in [-0.25, -0.2) is 0 Å². The molecule has 0 aliphatic rings. The van der Waals surface area contributed by atoms with Crippen LogP contribution in [0, 0.1) is 0 Å². The Morgan fingerprint density at radius 3 is 2.50 bits per heavy atom. The first kappa shape index (κ1) is 15.5. The third-order valence-corrected chi connectivity index (χ3v) is 2.24. The fourth-order valence-corrected chi connectivity index (χ4v) is 1.20. The molecule has 6 nitrogen and oxygen atoms in total. The number of carbonyl (C=O) groups excluding carboxylic acids is 1. The smallest absolute Gasteiger partial charge is 0.177 e. The molecule has 0 aromatic rings. The molecule has 0 unspecified atom stereocenters. The molecule has 0 saturated carbocycles. The van der Waals surface area contributed by atoms with E-state index in [4.69, 9.17) is 15.9 Å². The topological polar surface area (TPSA) is 116 Å². The predicted molar refractivity (Wildman–Crippen MR) is 59.9 cm³/mol. The first-order valence-corrected chi connectivity index (χ1v) is 5.54. The molecule has 0 aliphatic carbocycles. The molecule has 0 spiro atoms. The van der Waals surface area contributed by atoms with Gasteiger partial charge in [-0.15, -0.1) is 0 Å². The summed E-state index contributed by atoms with van der Waals surface area (Å²) in [5, 5.41) is 29.6. The highest BCUT2D eigenvalue weighted by molar-refractivity contribution is 5.85. The molecule has 0 bridgehead atoms. The molecule has 0 aliphatic heterocycles. The first-order valence-electron chi connectivity index (χ1n) is 5.54. The van der Waals surface area contributed by atoms with Gasteiger partial charge in [0.1, 0.15) is 12.2 Å². The van der Waals surface area contributed by atoms with Gasteiger partial charge < -0.3 is 26.4 Å². The van der Waals surface area contributed by atoms with Gasteiger partial charge in [-0.3, -0.25) is 4.79 Å². The molecule has 0 fully saturated rings. The number of nitrogens with one attached hydrogen (secondary N) is 1. The standard InChI is InChI=1S/C10H22N2O4/c11-4-2-1-3-5-12-6-8(14)10(16)9(15)7-13/h9-10,12-13,15-16H,1-7,11H2/t9-,10+/m1/s1. The summed E-state index contributed by atoms with van der Waals surface area (Å²) in [6.45, 7) is 0.721. The van der Waals surface area contributed by atoms with Gasteiger partial charge in [-0.05, 0) is 25.9 Å². The number of carbonyl (C=O) groups is 1. The van der Waals surface area contributed by atoms with Crippen molar-refractivity contribution in [1.29, 1.82) is 0 Å². The van der Waals surface area contributed by atoms with Crippen molar-refractivity contribution in [2.24, 2.45) is 5.73 Å². The van der Waals surface area contributed by atoms with E-state index in [1.165, 1.54) is 0 Å². The summed E-state index contributed by atoms with van der Waals surface area (Å²) in [5.74, 6) is -0.514. The summed E-state index contributed by atoms with van der Waals surface area (Å²) in [5.41, 5.74) is 5.32. The minimum Gasteiger partial charge on any atom is -0.394 e. The fourth-order valence-electron chi connectivity index (χ4n) is 1.20. The third kappa shape index (κ3) is 6.86. The second-order valence-corrected chi connectivity index (χ2v) is 3.69. The number of Topliss-reactive ketones (excluding diaryl/α,β-unsaturated/α-hetero) is 1. The molecule has 6 heteroatoms. The summed E-state index contributed by atoms with van der Waals surface area (Å²) in [6, 6.07) is 0. The van der Waals surface area contributed by atoms with Crippen LogP contribution >= 0.6 is 0 Å². The van der Waals surface area contributed by atoms with Crippen molar-refractivity contribution in [3.05, 3.63) is 0 Å². The summed E-state index contributed by atoms with van der Waals surface area (Å²) in [4.78, 5) is 11.2. The van der Waals surface area contributed by atoms with E-state index >= 15 is 0 Å². The molecule has 0 radical (unpaired) electrons. The van der Waals surface area contributed by atoms with E-state index in [0.29, 0.717) is 13.1 Å². The van der Waals surface area contributed by atoms with Crippen molar-refractivity contribution in [2.75, 3.05) is 26.2 Å². The van der Waals surface area contributed by atoms with E-state index in [0.717, 1.165) is 19.3 Å². The molecule has 6 N–H and O–H groups in total. The van der Waals surface area contributed by atoms with Crippen molar-refractivity contribution in [3.8, 4) is 0 Å². The number of aliphatic hydroxyl groups is 3. The molecule has 96 valence electrons. The molecule has 0 saturated heterocycles. The van der Waals surface area contributed by atoms with Gasteiger partial charge in [0.15, 0.2) is 5.78 Å². The largest absolute Gasteiger partial charge is 0.394 e. The lowest BCUT2D eigenvalue weighted by atomic mass is 10.1. The van der Waals surface area contributed by atoms with Crippen LogP contribution in [0.5, 0.6) is 0 Å². The second kappa shape index (κ2) is 9.68. The summed E-state index contributed by atoms with van der Waals surface area (Å²) in [6.07, 6.45) is -0.0301. The first-order chi connectivity index (χ1) is 7.63. The molecule has 2 atom stereocenters. The second-order valence-electron chi connectivity index (χ2n) is 3.69. The van der Waals surface area contributed by atoms with E-state index in [9.17, 15) is 9.90 Å². The molecule has 0 rings (SSSR count). The third-order valence-electron chi connectivity index (χ3n) is 2.24. The normalized spacial score (nSPS) is 14.8. The van der Waals surface area contributed by atoms with Crippen molar-refractivity contribution in [2.45, 2.75) is 31.5 Å². The van der Waals surface area contributed by atoms with E-state index in [-0.39, 0.29) is 6.54 Å². The van der Waals surface area contributed by atoms with Crippen LogP contribution in [0.2, 0.25) is 0 Å². The van der Waals surface area contributed by atoms with Gasteiger partial charge in [0.25, 0.3) is 0 Å². The highest BCUT2D eigenvalue weighted by Crippen LogP contribution is 1.94. The molecular formula is C10H22N2O4. The minimum absolute atomic E-state index is 0.000845. The summed E-state index contributed by atoms with van der Waals surface area (Å²) in [7, 11) is 0. The Labute approximate surface area is 95.5 Å². The SMILES string of the molecule is NCCCCCNCC(=O)[C@H](O)[C@H](O)CO. The van der Waals surface area contributed by atoms with Crippen molar-refractivity contribution < 1.29 is 20.1 Å². The molecule has 0 heterocycles. The van der Waals surface area contributed by atoms with Gasteiger partial charge in [0.2, 0.25) is 0 Å². The maximum atomic E-state index is 11.2. The Morgan fingerprint density at radius 2 is 1.94 bits per heavy atom. The number of nitrogens with two attached hydrogens (primary N) is 1. The Kier molecular flexibility index (Phi) is 9.36. The predicted octanol–water partition coefficient (Wildman–Crippen LogP) is -2.01. The molecule has 16 heavy (non-hydrogen) atoms. The van der Waals surface area contributed by atoms with Crippen LogP contribution in [0.15, 0.2) is 0 Å². The zero-order chi connectivity index (χ0) is 12.4. The zero-order valence-electron chi connectivity index (χ0n) is 9.43. The van der Waals surface area contributed by atoms with Crippen molar-refractivity contribution >= 4 is 5.78 Å². The summed E-state index contributed by atoms with van der Waals surface area (Å²) >= 11 is 0. The van der Waals surface area contributed by atoms with Gasteiger partial charge in [0.05, 0.1) is 13.2 Å². The zero-order valence-corrected chi connectivity index (χ0v) is 9.43. The number of hydrogen-bond acceptors (Lipinski definition) is 6. The number of rotatable bonds is 10. The fraction of sp³-hybridized carbons (Fsp3) is 0.900. The molecule has 0 aromatic heterocycles. The van der Waals surface area contributed by atoms with Crippen LogP contribution in [0.4, 0.5) is 0 Å².